The van der Waals surface area contributed by atoms with Gasteiger partial charge in [0.05, 0.1) is 11.6 Å². The zero-order valence-corrected chi connectivity index (χ0v) is 13.3. The van der Waals surface area contributed by atoms with Crippen molar-refractivity contribution in [3.05, 3.63) is 16.7 Å². The molecule has 1 saturated carbocycles. The molecule has 0 amide bonds. The van der Waals surface area contributed by atoms with Crippen molar-refractivity contribution in [3.8, 4) is 5.88 Å². The number of ether oxygens (including phenoxy) is 1. The number of carboxylic acid groups (broad SMARTS) is 1. The molecule has 6 nitrogen and oxygen atoms in total. The molecule has 0 aromatic carbocycles. The molecule has 1 aliphatic carbocycles. The Labute approximate surface area is 130 Å². The summed E-state index contributed by atoms with van der Waals surface area (Å²) in [6, 6.07) is 1.85. The van der Waals surface area contributed by atoms with Crippen LogP contribution in [0.1, 0.15) is 32.1 Å². The maximum Gasteiger partial charge on any atom is 0.331 e. The van der Waals surface area contributed by atoms with Crippen molar-refractivity contribution in [2.45, 2.75) is 37.6 Å². The number of hydrogen-bond acceptors (Lipinski definition) is 4. The molecule has 7 heteroatoms. The van der Waals surface area contributed by atoms with Crippen molar-refractivity contribution in [3.63, 3.8) is 0 Å². The molecule has 0 atom stereocenters. The molecule has 112 valence electrons. The lowest BCUT2D eigenvalue weighted by Gasteiger charge is -2.33. The first-order valence-electron chi connectivity index (χ1n) is 6.90. The number of carbonyl (C=O) groups is 1. The van der Waals surface area contributed by atoms with Gasteiger partial charge in [-0.3, -0.25) is 4.68 Å². The van der Waals surface area contributed by atoms with Gasteiger partial charge in [-0.15, -0.1) is 0 Å². The Morgan fingerprint density at radius 1 is 1.43 bits per heavy atom. The predicted molar refractivity (Wildman–Crippen MR) is 80.5 cm³/mol. The van der Waals surface area contributed by atoms with Gasteiger partial charge in [-0.05, 0) is 34.8 Å². The number of halogens is 1. The summed E-state index contributed by atoms with van der Waals surface area (Å²) in [5, 5.41) is 14.9. The highest BCUT2D eigenvalue weighted by atomic mass is 79.9. The molecule has 2 aromatic rings. The number of aromatic nitrogens is 3. The maximum atomic E-state index is 11.8. The lowest BCUT2D eigenvalue weighted by molar-refractivity contribution is -0.150. The van der Waals surface area contributed by atoms with Crippen molar-refractivity contribution in [1.29, 1.82) is 0 Å². The first-order valence-corrected chi connectivity index (χ1v) is 7.70. The standard InChI is InChI=1S/C14H16BrN3O3/c1-21-12-10(15)7-9-8-18(17-11(9)16-12)14(13(19)20)5-3-2-4-6-14/h7-8H,2-6H2,1H3,(H,19,20). The van der Waals surface area contributed by atoms with Gasteiger partial charge in [0.15, 0.2) is 11.2 Å². The van der Waals surface area contributed by atoms with E-state index in [0.29, 0.717) is 24.4 Å². The number of nitrogens with zero attached hydrogens (tertiary/aromatic N) is 3. The molecule has 0 unspecified atom stereocenters. The lowest BCUT2D eigenvalue weighted by atomic mass is 9.82. The molecule has 0 spiro atoms. The van der Waals surface area contributed by atoms with Crippen molar-refractivity contribution < 1.29 is 14.6 Å². The molecule has 0 bridgehead atoms. The summed E-state index contributed by atoms with van der Waals surface area (Å²) in [5.74, 6) is -0.373. The van der Waals surface area contributed by atoms with Crippen molar-refractivity contribution in [2.24, 2.45) is 0 Å². The second kappa shape index (κ2) is 5.29. The predicted octanol–water partition coefficient (Wildman–Crippen LogP) is 2.95. The first kappa shape index (κ1) is 14.3. The maximum absolute atomic E-state index is 11.8. The van der Waals surface area contributed by atoms with E-state index in [1.54, 1.807) is 10.9 Å². The van der Waals surface area contributed by atoms with E-state index in [2.05, 4.69) is 26.0 Å². The van der Waals surface area contributed by atoms with E-state index in [9.17, 15) is 9.90 Å². The number of hydrogen-bond donors (Lipinski definition) is 1. The fourth-order valence-electron chi connectivity index (χ4n) is 2.95. The van der Waals surface area contributed by atoms with Crippen LogP contribution in [0.15, 0.2) is 16.7 Å². The number of fused-ring (bicyclic) bond motifs is 1. The fourth-order valence-corrected chi connectivity index (χ4v) is 3.45. The molecular formula is C14H16BrN3O3. The smallest absolute Gasteiger partial charge is 0.331 e. The third-order valence-corrected chi connectivity index (χ3v) is 4.69. The second-order valence-electron chi connectivity index (χ2n) is 5.36. The highest BCUT2D eigenvalue weighted by Crippen LogP contribution is 2.36. The number of methoxy groups -OCH3 is 1. The summed E-state index contributed by atoms with van der Waals surface area (Å²) in [4.78, 5) is 16.1. The van der Waals surface area contributed by atoms with Crippen LogP contribution in [-0.4, -0.2) is 33.0 Å². The Hall–Kier alpha value is -1.63. The highest BCUT2D eigenvalue weighted by molar-refractivity contribution is 9.10. The number of rotatable bonds is 3. The topological polar surface area (TPSA) is 77.2 Å². The number of aliphatic carboxylic acids is 1. The van der Waals surface area contributed by atoms with Gasteiger partial charge in [0.2, 0.25) is 5.88 Å². The van der Waals surface area contributed by atoms with E-state index < -0.39 is 11.5 Å². The van der Waals surface area contributed by atoms with Crippen molar-refractivity contribution >= 4 is 32.9 Å². The molecule has 0 aliphatic heterocycles. The minimum Gasteiger partial charge on any atom is -0.480 e. The second-order valence-corrected chi connectivity index (χ2v) is 6.22. The summed E-state index contributed by atoms with van der Waals surface area (Å²) >= 11 is 3.38. The molecule has 3 rings (SSSR count). The largest absolute Gasteiger partial charge is 0.480 e. The van der Waals surface area contributed by atoms with E-state index in [4.69, 9.17) is 4.74 Å². The van der Waals surface area contributed by atoms with Gasteiger partial charge in [0.1, 0.15) is 0 Å². The van der Waals surface area contributed by atoms with E-state index >= 15 is 0 Å². The Morgan fingerprint density at radius 2 is 2.14 bits per heavy atom. The van der Waals surface area contributed by atoms with Crippen LogP contribution in [-0.2, 0) is 10.3 Å². The highest BCUT2D eigenvalue weighted by Gasteiger charge is 2.42. The molecule has 21 heavy (non-hydrogen) atoms. The number of pyridine rings is 1. The van der Waals surface area contributed by atoms with Crippen LogP contribution in [0, 0.1) is 0 Å². The Kier molecular flexibility index (Phi) is 3.61. The first-order chi connectivity index (χ1) is 10.1. The molecule has 1 N–H and O–H groups in total. The Balaban J connectivity index is 2.12. The van der Waals surface area contributed by atoms with Crippen LogP contribution in [0.4, 0.5) is 0 Å². The quantitative estimate of drug-likeness (QED) is 0.917. The summed E-state index contributed by atoms with van der Waals surface area (Å²) in [6.07, 6.45) is 5.87. The summed E-state index contributed by atoms with van der Waals surface area (Å²) in [5.41, 5.74) is -0.445. The zero-order chi connectivity index (χ0) is 15.0. The van der Waals surface area contributed by atoms with Gasteiger partial charge in [-0.1, -0.05) is 19.3 Å². The van der Waals surface area contributed by atoms with Crippen LogP contribution in [0.3, 0.4) is 0 Å². The third-order valence-electron chi connectivity index (χ3n) is 4.13. The van der Waals surface area contributed by atoms with Crippen molar-refractivity contribution in [2.75, 3.05) is 7.11 Å². The van der Waals surface area contributed by atoms with Crippen LogP contribution in [0.2, 0.25) is 0 Å². The van der Waals surface area contributed by atoms with Crippen LogP contribution in [0.5, 0.6) is 5.88 Å². The van der Waals surface area contributed by atoms with Gasteiger partial charge in [-0.25, -0.2) is 4.79 Å². The van der Waals surface area contributed by atoms with Crippen LogP contribution >= 0.6 is 15.9 Å². The monoisotopic (exact) mass is 353 g/mol. The van der Waals surface area contributed by atoms with E-state index in [-0.39, 0.29) is 0 Å². The summed E-state index contributed by atoms with van der Waals surface area (Å²) < 4.78 is 7.47. The molecule has 1 fully saturated rings. The summed E-state index contributed by atoms with van der Waals surface area (Å²) in [6.45, 7) is 0. The van der Waals surface area contributed by atoms with Gasteiger partial charge in [-0.2, -0.15) is 10.1 Å². The third kappa shape index (κ3) is 2.29. The molecule has 2 aromatic heterocycles. The summed E-state index contributed by atoms with van der Waals surface area (Å²) in [7, 11) is 1.54. The molecule has 1 aliphatic rings. The van der Waals surface area contributed by atoms with Crippen LogP contribution < -0.4 is 4.74 Å². The zero-order valence-electron chi connectivity index (χ0n) is 11.7. The van der Waals surface area contributed by atoms with E-state index in [1.165, 1.54) is 7.11 Å². The SMILES string of the molecule is COc1nc2nn(C3(C(=O)O)CCCCC3)cc2cc1Br. The molecule has 2 heterocycles. The Bertz CT molecular complexity index is 692. The Morgan fingerprint density at radius 3 is 2.76 bits per heavy atom. The minimum absolute atomic E-state index is 0.445. The van der Waals surface area contributed by atoms with Gasteiger partial charge < -0.3 is 9.84 Å². The molecule has 0 radical (unpaired) electrons. The fraction of sp³-hybridized carbons (Fsp3) is 0.500. The van der Waals surface area contributed by atoms with E-state index in [0.717, 1.165) is 29.1 Å². The van der Waals surface area contributed by atoms with Gasteiger partial charge in [0, 0.05) is 11.6 Å². The van der Waals surface area contributed by atoms with Gasteiger partial charge >= 0.3 is 5.97 Å². The number of carboxylic acids is 1. The van der Waals surface area contributed by atoms with E-state index in [1.807, 2.05) is 6.07 Å². The normalized spacial score (nSPS) is 17.8. The molecular weight excluding hydrogens is 338 g/mol. The van der Waals surface area contributed by atoms with Crippen LogP contribution in [0.25, 0.3) is 11.0 Å². The van der Waals surface area contributed by atoms with Gasteiger partial charge in [0.25, 0.3) is 0 Å². The average molecular weight is 354 g/mol. The lowest BCUT2D eigenvalue weighted by Crippen LogP contribution is -2.44. The average Bonchev–Trinajstić information content (AvgIpc) is 2.90. The van der Waals surface area contributed by atoms with Crippen molar-refractivity contribution in [1.82, 2.24) is 14.8 Å². The molecule has 0 saturated heterocycles. The minimum atomic E-state index is -0.946.